The van der Waals surface area contributed by atoms with E-state index >= 15 is 0 Å². The van der Waals surface area contributed by atoms with Gasteiger partial charge in [-0.3, -0.25) is 0 Å². The third-order valence-electron chi connectivity index (χ3n) is 2.72. The smallest absolute Gasteiger partial charge is 0.00720 e. The number of rotatable bonds is 9. The summed E-state index contributed by atoms with van der Waals surface area (Å²) in [5.41, 5.74) is 0. The molecule has 0 aliphatic carbocycles. The molecule has 1 N–H and O–H groups in total. The first-order chi connectivity index (χ1) is 7.45. The maximum Gasteiger partial charge on any atom is 0.00720 e. The van der Waals surface area contributed by atoms with Gasteiger partial charge >= 0.3 is 0 Å². The minimum atomic E-state index is 0.712. The lowest BCUT2D eigenvalue weighted by Crippen LogP contribution is -2.35. The van der Waals surface area contributed by atoms with Crippen molar-refractivity contribution in [2.75, 3.05) is 18.6 Å². The van der Waals surface area contributed by atoms with E-state index in [0.29, 0.717) is 6.04 Å². The first-order valence-corrected chi connectivity index (χ1v) is 8.07. The van der Waals surface area contributed by atoms with Crippen LogP contribution in [0, 0.1) is 17.8 Å². The molecular weight excluding hydrogens is 214 g/mol. The van der Waals surface area contributed by atoms with Crippen LogP contribution in [0.5, 0.6) is 0 Å². The van der Waals surface area contributed by atoms with E-state index in [4.69, 9.17) is 0 Å². The van der Waals surface area contributed by atoms with Gasteiger partial charge in [0.15, 0.2) is 0 Å². The third kappa shape index (κ3) is 9.53. The maximum absolute atomic E-state index is 3.75. The molecule has 2 heteroatoms. The molecular formula is C14H31NS. The van der Waals surface area contributed by atoms with Gasteiger partial charge in [0.2, 0.25) is 0 Å². The Kier molecular flexibility index (Phi) is 9.53. The van der Waals surface area contributed by atoms with Crippen LogP contribution in [0.3, 0.4) is 0 Å². The van der Waals surface area contributed by atoms with Gasteiger partial charge in [-0.15, -0.1) is 0 Å². The molecule has 0 rings (SSSR count). The Hall–Kier alpha value is 0.310. The highest BCUT2D eigenvalue weighted by Crippen LogP contribution is 2.14. The Balaban J connectivity index is 3.90. The molecule has 1 nitrogen and oxygen atoms in total. The predicted molar refractivity (Wildman–Crippen MR) is 78.2 cm³/mol. The van der Waals surface area contributed by atoms with Crippen LogP contribution >= 0.6 is 11.8 Å². The van der Waals surface area contributed by atoms with Crippen molar-refractivity contribution in [1.82, 2.24) is 5.32 Å². The van der Waals surface area contributed by atoms with E-state index in [1.165, 1.54) is 25.1 Å². The first kappa shape index (κ1) is 16.3. The molecule has 98 valence electrons. The molecule has 0 saturated heterocycles. The molecule has 0 radical (unpaired) electrons. The minimum absolute atomic E-state index is 0.712. The number of nitrogens with one attached hydrogen (secondary N) is 1. The average molecular weight is 245 g/mol. The van der Waals surface area contributed by atoms with Crippen LogP contribution in [-0.4, -0.2) is 24.6 Å². The first-order valence-electron chi connectivity index (χ1n) is 6.68. The molecule has 0 fully saturated rings. The van der Waals surface area contributed by atoms with Crippen molar-refractivity contribution in [3.63, 3.8) is 0 Å². The summed E-state index contributed by atoms with van der Waals surface area (Å²) in [7, 11) is 0. The van der Waals surface area contributed by atoms with Gasteiger partial charge in [0.1, 0.15) is 0 Å². The van der Waals surface area contributed by atoms with Crippen molar-refractivity contribution in [2.45, 2.75) is 53.5 Å². The lowest BCUT2D eigenvalue weighted by molar-refractivity contribution is 0.347. The summed E-state index contributed by atoms with van der Waals surface area (Å²) in [6, 6.07) is 0.712. The van der Waals surface area contributed by atoms with Crippen molar-refractivity contribution < 1.29 is 0 Å². The Morgan fingerprint density at radius 3 is 1.81 bits per heavy atom. The van der Waals surface area contributed by atoms with Gasteiger partial charge in [-0.05, 0) is 49.1 Å². The summed E-state index contributed by atoms with van der Waals surface area (Å²) in [5.74, 6) is 3.65. The van der Waals surface area contributed by atoms with Crippen molar-refractivity contribution in [3.05, 3.63) is 0 Å². The fourth-order valence-corrected chi connectivity index (χ4v) is 2.80. The molecule has 0 saturated carbocycles. The largest absolute Gasteiger partial charge is 0.314 e. The molecule has 16 heavy (non-hydrogen) atoms. The molecule has 0 bridgehead atoms. The van der Waals surface area contributed by atoms with E-state index in [2.05, 4.69) is 46.2 Å². The van der Waals surface area contributed by atoms with Crippen LogP contribution in [0.25, 0.3) is 0 Å². The number of thioether (sulfide) groups is 1. The monoisotopic (exact) mass is 245 g/mol. The van der Waals surface area contributed by atoms with Gasteiger partial charge in [0, 0.05) is 6.04 Å². The Bertz CT molecular complexity index is 147. The maximum atomic E-state index is 3.75. The van der Waals surface area contributed by atoms with Crippen molar-refractivity contribution in [2.24, 2.45) is 17.8 Å². The Morgan fingerprint density at radius 1 is 0.938 bits per heavy atom. The molecule has 0 amide bonds. The van der Waals surface area contributed by atoms with Crippen LogP contribution in [0.4, 0.5) is 0 Å². The van der Waals surface area contributed by atoms with Crippen LogP contribution < -0.4 is 5.32 Å². The van der Waals surface area contributed by atoms with Crippen LogP contribution in [0.15, 0.2) is 0 Å². The van der Waals surface area contributed by atoms with E-state index in [1.807, 2.05) is 11.8 Å². The van der Waals surface area contributed by atoms with E-state index in [1.54, 1.807) is 0 Å². The molecule has 0 spiro atoms. The zero-order valence-electron chi connectivity index (χ0n) is 12.0. The highest BCUT2D eigenvalue weighted by Gasteiger charge is 2.13. The normalized spacial score (nSPS) is 14.1. The standard InChI is InChI=1S/C14H31NS/c1-11(2)7-14(8-12(3)4)15-9-13(5)10-16-6/h11-15H,7-10H2,1-6H3. The molecule has 1 atom stereocenters. The quantitative estimate of drug-likeness (QED) is 0.658. The lowest BCUT2D eigenvalue weighted by Gasteiger charge is -2.24. The van der Waals surface area contributed by atoms with Crippen molar-refractivity contribution in [1.29, 1.82) is 0 Å². The van der Waals surface area contributed by atoms with Gasteiger partial charge in [-0.1, -0.05) is 34.6 Å². The van der Waals surface area contributed by atoms with Gasteiger partial charge < -0.3 is 5.32 Å². The van der Waals surface area contributed by atoms with Gasteiger partial charge in [0.05, 0.1) is 0 Å². The average Bonchev–Trinajstić information content (AvgIpc) is 2.13. The molecule has 0 aromatic rings. The summed E-state index contributed by atoms with van der Waals surface area (Å²) in [6.45, 7) is 12.8. The molecule has 0 aromatic carbocycles. The SMILES string of the molecule is CSCC(C)CNC(CC(C)C)CC(C)C. The van der Waals surface area contributed by atoms with E-state index in [9.17, 15) is 0 Å². The van der Waals surface area contributed by atoms with E-state index in [0.717, 1.165) is 17.8 Å². The third-order valence-corrected chi connectivity index (χ3v) is 3.62. The highest BCUT2D eigenvalue weighted by molar-refractivity contribution is 7.98. The van der Waals surface area contributed by atoms with E-state index < -0.39 is 0 Å². The Morgan fingerprint density at radius 2 is 1.44 bits per heavy atom. The van der Waals surface area contributed by atoms with Crippen LogP contribution in [0.1, 0.15) is 47.5 Å². The lowest BCUT2D eigenvalue weighted by atomic mass is 9.95. The molecule has 0 aromatic heterocycles. The fourth-order valence-electron chi connectivity index (χ4n) is 2.11. The highest BCUT2D eigenvalue weighted by atomic mass is 32.2. The summed E-state index contributed by atoms with van der Waals surface area (Å²) in [5, 5.41) is 3.75. The number of hydrogen-bond donors (Lipinski definition) is 1. The fraction of sp³-hybridized carbons (Fsp3) is 1.00. The van der Waals surface area contributed by atoms with Gasteiger partial charge in [0.25, 0.3) is 0 Å². The topological polar surface area (TPSA) is 12.0 Å². The predicted octanol–water partition coefficient (Wildman–Crippen LogP) is 4.04. The van der Waals surface area contributed by atoms with Crippen molar-refractivity contribution >= 4 is 11.8 Å². The van der Waals surface area contributed by atoms with Gasteiger partial charge in [-0.25, -0.2) is 0 Å². The second-order valence-corrected chi connectivity index (χ2v) is 6.84. The summed E-state index contributed by atoms with van der Waals surface area (Å²) in [6.07, 6.45) is 4.81. The Labute approximate surface area is 107 Å². The van der Waals surface area contributed by atoms with E-state index in [-0.39, 0.29) is 0 Å². The summed E-state index contributed by atoms with van der Waals surface area (Å²) >= 11 is 1.95. The van der Waals surface area contributed by atoms with Crippen LogP contribution in [0.2, 0.25) is 0 Å². The van der Waals surface area contributed by atoms with Gasteiger partial charge in [-0.2, -0.15) is 11.8 Å². The molecule has 1 unspecified atom stereocenters. The molecule has 0 aliphatic rings. The summed E-state index contributed by atoms with van der Waals surface area (Å²) < 4.78 is 0. The second-order valence-electron chi connectivity index (χ2n) is 5.92. The molecule has 0 heterocycles. The van der Waals surface area contributed by atoms with Crippen LogP contribution in [-0.2, 0) is 0 Å². The summed E-state index contributed by atoms with van der Waals surface area (Å²) in [4.78, 5) is 0. The number of hydrogen-bond acceptors (Lipinski definition) is 2. The second kappa shape index (κ2) is 9.35. The zero-order valence-corrected chi connectivity index (χ0v) is 12.9. The zero-order chi connectivity index (χ0) is 12.6. The minimum Gasteiger partial charge on any atom is -0.314 e. The molecule has 0 aliphatic heterocycles. The van der Waals surface area contributed by atoms with Crippen molar-refractivity contribution in [3.8, 4) is 0 Å².